The lowest BCUT2D eigenvalue weighted by Gasteiger charge is -2.26. The number of halogens is 2. The molecule has 2 heterocycles. The van der Waals surface area contributed by atoms with Gasteiger partial charge in [-0.05, 0) is 68.0 Å². The molecule has 1 saturated heterocycles. The number of imide groups is 2. The molecule has 6 nitrogen and oxygen atoms in total. The lowest BCUT2D eigenvalue weighted by atomic mass is 10.1. The van der Waals surface area contributed by atoms with Crippen molar-refractivity contribution in [1.29, 1.82) is 0 Å². The van der Waals surface area contributed by atoms with Crippen LogP contribution in [0.1, 0.15) is 17.0 Å². The highest BCUT2D eigenvalue weighted by Crippen LogP contribution is 2.26. The number of nitrogens with zero attached hydrogens (tertiary/aromatic N) is 2. The van der Waals surface area contributed by atoms with Gasteiger partial charge in [0.15, 0.2) is 0 Å². The maximum Gasteiger partial charge on any atom is 0.335 e. The van der Waals surface area contributed by atoms with Crippen LogP contribution < -0.4 is 10.2 Å². The van der Waals surface area contributed by atoms with Crippen LogP contribution in [0.15, 0.2) is 60.2 Å². The summed E-state index contributed by atoms with van der Waals surface area (Å²) in [7, 11) is 0. The van der Waals surface area contributed by atoms with Crippen molar-refractivity contribution in [1.82, 2.24) is 9.88 Å². The van der Waals surface area contributed by atoms with Crippen LogP contribution in [-0.2, 0) is 9.59 Å². The Labute approximate surface area is 176 Å². The fraction of sp³-hybridized carbons (Fsp3) is 0.0870. The zero-order valence-corrected chi connectivity index (χ0v) is 16.6. The van der Waals surface area contributed by atoms with E-state index in [1.54, 1.807) is 29.7 Å². The number of carbonyl (C=O) groups excluding carboxylic acids is 3. The van der Waals surface area contributed by atoms with Crippen molar-refractivity contribution in [2.45, 2.75) is 13.8 Å². The second-order valence-electron chi connectivity index (χ2n) is 7.08. The van der Waals surface area contributed by atoms with Gasteiger partial charge in [0, 0.05) is 17.1 Å². The molecular formula is C23H17F2N3O3. The van der Waals surface area contributed by atoms with E-state index in [0.717, 1.165) is 11.8 Å². The summed E-state index contributed by atoms with van der Waals surface area (Å²) in [5.41, 5.74) is 2.31. The van der Waals surface area contributed by atoms with Crippen LogP contribution in [0.5, 0.6) is 0 Å². The third-order valence-electron chi connectivity index (χ3n) is 5.00. The monoisotopic (exact) mass is 421 g/mol. The molecule has 3 aromatic rings. The predicted molar refractivity (Wildman–Crippen MR) is 111 cm³/mol. The molecule has 2 aromatic carbocycles. The predicted octanol–water partition coefficient (Wildman–Crippen LogP) is 4.04. The molecule has 0 aliphatic carbocycles. The normalized spacial score (nSPS) is 15.5. The minimum Gasteiger partial charge on any atom is -0.318 e. The van der Waals surface area contributed by atoms with Crippen molar-refractivity contribution in [2.24, 2.45) is 0 Å². The lowest BCUT2D eigenvalue weighted by Crippen LogP contribution is -2.54. The molecule has 1 aliphatic heterocycles. The Bertz CT molecular complexity index is 1280. The molecule has 0 radical (unpaired) electrons. The Hall–Kier alpha value is -4.07. The van der Waals surface area contributed by atoms with Crippen molar-refractivity contribution >= 4 is 29.6 Å². The van der Waals surface area contributed by atoms with Crippen LogP contribution in [0.2, 0.25) is 0 Å². The molecule has 0 saturated carbocycles. The summed E-state index contributed by atoms with van der Waals surface area (Å²) < 4.78 is 29.1. The van der Waals surface area contributed by atoms with Gasteiger partial charge in [0.05, 0.1) is 5.69 Å². The van der Waals surface area contributed by atoms with Gasteiger partial charge < -0.3 is 4.57 Å². The summed E-state index contributed by atoms with van der Waals surface area (Å²) in [6, 6.07) is 11.8. The summed E-state index contributed by atoms with van der Waals surface area (Å²) >= 11 is 0. The van der Waals surface area contributed by atoms with E-state index in [2.05, 4.69) is 5.32 Å². The first kappa shape index (κ1) is 20.2. The van der Waals surface area contributed by atoms with Crippen LogP contribution in [0.4, 0.5) is 19.3 Å². The molecule has 0 spiro atoms. The number of carbonyl (C=O) groups is 3. The van der Waals surface area contributed by atoms with Crippen LogP contribution >= 0.6 is 0 Å². The SMILES string of the molecule is Cc1cc(C=C2C(=O)NC(=O)N(c3cccc(F)c3)C2=O)c(C)n1-c1cccc(F)c1. The van der Waals surface area contributed by atoms with Crippen molar-refractivity contribution in [2.75, 3.05) is 4.90 Å². The van der Waals surface area contributed by atoms with Crippen LogP contribution in [-0.4, -0.2) is 22.4 Å². The second kappa shape index (κ2) is 7.64. The van der Waals surface area contributed by atoms with Gasteiger partial charge in [0.2, 0.25) is 0 Å². The first-order valence-corrected chi connectivity index (χ1v) is 9.38. The molecule has 0 unspecified atom stereocenters. The number of hydrogen-bond donors (Lipinski definition) is 1. The smallest absolute Gasteiger partial charge is 0.318 e. The lowest BCUT2D eigenvalue weighted by molar-refractivity contribution is -0.122. The molecule has 1 aromatic heterocycles. The molecule has 1 N–H and O–H groups in total. The van der Waals surface area contributed by atoms with E-state index < -0.39 is 29.5 Å². The number of aromatic nitrogens is 1. The number of benzene rings is 2. The summed E-state index contributed by atoms with van der Waals surface area (Å²) in [4.78, 5) is 38.3. The van der Waals surface area contributed by atoms with E-state index in [-0.39, 0.29) is 11.3 Å². The average Bonchev–Trinajstić information content (AvgIpc) is 2.98. The molecule has 31 heavy (non-hydrogen) atoms. The number of barbiturate groups is 1. The van der Waals surface area contributed by atoms with Crippen molar-refractivity contribution < 1.29 is 23.2 Å². The topological polar surface area (TPSA) is 71.4 Å². The third kappa shape index (κ3) is 3.63. The Morgan fingerprint density at radius 3 is 2.13 bits per heavy atom. The highest BCUT2D eigenvalue weighted by Gasteiger charge is 2.37. The van der Waals surface area contributed by atoms with Gasteiger partial charge in [0.1, 0.15) is 17.2 Å². The standard InChI is InChI=1S/C23H17F2N3O3/c1-13-9-15(14(2)27(13)18-7-3-5-16(24)11-18)10-20-21(29)26-23(31)28(22(20)30)19-8-4-6-17(25)12-19/h3-12H,1-2H3,(H,26,29,31). The first-order chi connectivity index (χ1) is 14.8. The van der Waals surface area contributed by atoms with Gasteiger partial charge in [-0.2, -0.15) is 0 Å². The van der Waals surface area contributed by atoms with E-state index in [1.807, 2.05) is 6.92 Å². The van der Waals surface area contributed by atoms with E-state index in [4.69, 9.17) is 0 Å². The molecule has 1 aliphatic rings. The fourth-order valence-electron chi connectivity index (χ4n) is 3.61. The molecule has 156 valence electrons. The zero-order valence-electron chi connectivity index (χ0n) is 16.6. The summed E-state index contributed by atoms with van der Waals surface area (Å²) in [5.74, 6) is -2.73. The number of anilines is 1. The van der Waals surface area contributed by atoms with Crippen LogP contribution in [0.3, 0.4) is 0 Å². The van der Waals surface area contributed by atoms with E-state index in [1.165, 1.54) is 36.4 Å². The van der Waals surface area contributed by atoms with Crippen molar-refractivity contribution in [3.05, 3.63) is 88.8 Å². The molecule has 0 bridgehead atoms. The fourth-order valence-corrected chi connectivity index (χ4v) is 3.61. The maximum atomic E-state index is 13.7. The quantitative estimate of drug-likeness (QED) is 0.513. The highest BCUT2D eigenvalue weighted by molar-refractivity contribution is 6.39. The van der Waals surface area contributed by atoms with Gasteiger partial charge >= 0.3 is 6.03 Å². The third-order valence-corrected chi connectivity index (χ3v) is 5.00. The Morgan fingerprint density at radius 1 is 0.871 bits per heavy atom. The van der Waals surface area contributed by atoms with Gasteiger partial charge in [0.25, 0.3) is 11.8 Å². The zero-order chi connectivity index (χ0) is 22.3. The summed E-state index contributed by atoms with van der Waals surface area (Å²) in [6.45, 7) is 3.58. The van der Waals surface area contributed by atoms with Crippen LogP contribution in [0.25, 0.3) is 11.8 Å². The molecule has 4 amide bonds. The van der Waals surface area contributed by atoms with E-state index in [9.17, 15) is 23.2 Å². The number of rotatable bonds is 3. The van der Waals surface area contributed by atoms with Gasteiger partial charge in [-0.3, -0.25) is 14.9 Å². The maximum absolute atomic E-state index is 13.7. The number of nitrogens with one attached hydrogen (secondary N) is 1. The summed E-state index contributed by atoms with van der Waals surface area (Å²) in [6.07, 6.45) is 1.37. The minimum absolute atomic E-state index is 0.00568. The number of urea groups is 1. The molecule has 4 rings (SSSR count). The molecular weight excluding hydrogens is 404 g/mol. The molecule has 8 heteroatoms. The van der Waals surface area contributed by atoms with E-state index in [0.29, 0.717) is 21.8 Å². The van der Waals surface area contributed by atoms with Crippen molar-refractivity contribution in [3.63, 3.8) is 0 Å². The van der Waals surface area contributed by atoms with E-state index >= 15 is 0 Å². The Morgan fingerprint density at radius 2 is 1.48 bits per heavy atom. The van der Waals surface area contributed by atoms with Gasteiger partial charge in [-0.1, -0.05) is 12.1 Å². The molecule has 0 atom stereocenters. The van der Waals surface area contributed by atoms with Gasteiger partial charge in [-0.25, -0.2) is 18.5 Å². The number of amides is 4. The Balaban J connectivity index is 1.77. The average molecular weight is 421 g/mol. The van der Waals surface area contributed by atoms with Crippen LogP contribution in [0, 0.1) is 25.5 Å². The largest absolute Gasteiger partial charge is 0.335 e. The second-order valence-corrected chi connectivity index (χ2v) is 7.08. The molecule has 1 fully saturated rings. The number of hydrogen-bond acceptors (Lipinski definition) is 3. The minimum atomic E-state index is -0.956. The van der Waals surface area contributed by atoms with Gasteiger partial charge in [-0.15, -0.1) is 0 Å². The first-order valence-electron chi connectivity index (χ1n) is 9.38. The van der Waals surface area contributed by atoms with Crippen molar-refractivity contribution in [3.8, 4) is 5.69 Å². The Kier molecular flexibility index (Phi) is 4.98. The number of aryl methyl sites for hydroxylation is 1. The highest BCUT2D eigenvalue weighted by atomic mass is 19.1. The summed E-state index contributed by atoms with van der Waals surface area (Å²) in [5, 5.41) is 2.11.